The van der Waals surface area contributed by atoms with Gasteiger partial charge < -0.3 is 10.5 Å². The van der Waals surface area contributed by atoms with Crippen molar-refractivity contribution in [1.29, 1.82) is 0 Å². The van der Waals surface area contributed by atoms with Crippen LogP contribution in [-0.2, 0) is 18.2 Å². The number of aryl methyl sites for hydroxylation is 1. The van der Waals surface area contributed by atoms with Crippen LogP contribution in [0.25, 0.3) is 0 Å². The van der Waals surface area contributed by atoms with Crippen LogP contribution in [0.1, 0.15) is 5.82 Å². The summed E-state index contributed by atoms with van der Waals surface area (Å²) in [5, 5.41) is 11.8. The summed E-state index contributed by atoms with van der Waals surface area (Å²) >= 11 is 1.88. The number of nitrogens with zero attached hydrogens (tertiary/aromatic N) is 4. The second-order valence-electron chi connectivity index (χ2n) is 3.55. The lowest BCUT2D eigenvalue weighted by Gasteiger charge is -2.26. The lowest BCUT2D eigenvalue weighted by Crippen LogP contribution is -2.42. The topological polar surface area (TPSA) is 78.9 Å². The van der Waals surface area contributed by atoms with E-state index < -0.39 is 0 Å². The van der Waals surface area contributed by atoms with Crippen molar-refractivity contribution in [2.24, 2.45) is 12.8 Å². The Morgan fingerprint density at radius 2 is 2.60 bits per heavy atom. The highest BCUT2D eigenvalue weighted by atomic mass is 32.2. The number of ether oxygens (including phenoxy) is 1. The van der Waals surface area contributed by atoms with Gasteiger partial charge in [0.2, 0.25) is 0 Å². The molecule has 0 aliphatic carbocycles. The molecule has 1 fully saturated rings. The van der Waals surface area contributed by atoms with Gasteiger partial charge in [-0.15, -0.1) is 10.2 Å². The van der Waals surface area contributed by atoms with Crippen LogP contribution in [0, 0.1) is 0 Å². The van der Waals surface area contributed by atoms with Crippen molar-refractivity contribution in [1.82, 2.24) is 20.2 Å². The molecule has 7 heteroatoms. The molecule has 0 spiro atoms. The summed E-state index contributed by atoms with van der Waals surface area (Å²) in [5.74, 6) is 2.71. The molecule has 0 bridgehead atoms. The summed E-state index contributed by atoms with van der Waals surface area (Å²) in [7, 11) is 1.75. The molecule has 1 aliphatic rings. The van der Waals surface area contributed by atoms with E-state index in [-0.39, 0.29) is 12.1 Å². The highest BCUT2D eigenvalue weighted by Gasteiger charge is 2.23. The van der Waals surface area contributed by atoms with Gasteiger partial charge in [-0.05, 0) is 5.21 Å². The van der Waals surface area contributed by atoms with Crippen LogP contribution in [0.3, 0.4) is 0 Å². The molecule has 2 N–H and O–H groups in total. The minimum atomic E-state index is -0.0398. The maximum atomic E-state index is 6.03. The average molecular weight is 229 g/mol. The van der Waals surface area contributed by atoms with Gasteiger partial charge in [-0.25, -0.2) is 0 Å². The van der Waals surface area contributed by atoms with Crippen LogP contribution in [0.2, 0.25) is 0 Å². The largest absolute Gasteiger partial charge is 0.375 e. The number of nitrogens with two attached hydrogens (primary N) is 1. The molecule has 0 saturated carbocycles. The minimum Gasteiger partial charge on any atom is -0.375 e. The molecule has 2 atom stereocenters. The summed E-state index contributed by atoms with van der Waals surface area (Å²) in [6, 6.07) is -0.0398. The number of hydrogen-bond acceptors (Lipinski definition) is 6. The Morgan fingerprint density at radius 1 is 1.73 bits per heavy atom. The van der Waals surface area contributed by atoms with Crippen LogP contribution in [0.5, 0.6) is 0 Å². The third-order valence-electron chi connectivity index (χ3n) is 2.29. The van der Waals surface area contributed by atoms with Gasteiger partial charge in [0.25, 0.3) is 0 Å². The van der Waals surface area contributed by atoms with Crippen molar-refractivity contribution < 1.29 is 4.74 Å². The van der Waals surface area contributed by atoms with Gasteiger partial charge in [-0.2, -0.15) is 16.6 Å². The zero-order valence-corrected chi connectivity index (χ0v) is 9.48. The Balaban J connectivity index is 1.88. The number of aromatic nitrogens is 4. The maximum Gasteiger partial charge on any atom is 0.176 e. The monoisotopic (exact) mass is 229 g/mol. The van der Waals surface area contributed by atoms with Crippen molar-refractivity contribution in [3.8, 4) is 0 Å². The van der Waals surface area contributed by atoms with Gasteiger partial charge in [0.05, 0.1) is 19.8 Å². The van der Waals surface area contributed by atoms with Gasteiger partial charge in [0.15, 0.2) is 5.82 Å². The van der Waals surface area contributed by atoms with Crippen LogP contribution < -0.4 is 5.73 Å². The molecule has 2 heterocycles. The van der Waals surface area contributed by atoms with Crippen LogP contribution in [0.4, 0.5) is 0 Å². The molecule has 1 aliphatic heterocycles. The fourth-order valence-corrected chi connectivity index (χ4v) is 2.46. The van der Waals surface area contributed by atoms with Gasteiger partial charge in [-0.3, -0.25) is 0 Å². The molecule has 0 radical (unpaired) electrons. The lowest BCUT2D eigenvalue weighted by molar-refractivity contribution is 0.0567. The zero-order valence-electron chi connectivity index (χ0n) is 8.67. The fraction of sp³-hybridized carbons (Fsp3) is 0.875. The first-order valence-electron chi connectivity index (χ1n) is 4.93. The average Bonchev–Trinajstić information content (AvgIpc) is 2.65. The lowest BCUT2D eigenvalue weighted by atomic mass is 10.1. The quantitative estimate of drug-likeness (QED) is 0.732. The normalized spacial score (nSPS) is 24.0. The van der Waals surface area contributed by atoms with Crippen molar-refractivity contribution in [2.45, 2.75) is 18.6 Å². The maximum absolute atomic E-state index is 6.03. The fourth-order valence-electron chi connectivity index (χ4n) is 1.50. The summed E-state index contributed by atoms with van der Waals surface area (Å²) in [4.78, 5) is 1.44. The summed E-state index contributed by atoms with van der Waals surface area (Å²) in [5.41, 5.74) is 6.03. The van der Waals surface area contributed by atoms with E-state index in [2.05, 4.69) is 15.4 Å². The van der Waals surface area contributed by atoms with Gasteiger partial charge >= 0.3 is 0 Å². The van der Waals surface area contributed by atoms with Crippen LogP contribution in [-0.4, -0.2) is 50.5 Å². The van der Waals surface area contributed by atoms with Gasteiger partial charge in [0, 0.05) is 24.0 Å². The number of thioether (sulfide) groups is 1. The second-order valence-corrected chi connectivity index (χ2v) is 4.70. The van der Waals surface area contributed by atoms with Gasteiger partial charge in [-0.1, -0.05) is 0 Å². The molecular weight excluding hydrogens is 214 g/mol. The molecule has 0 amide bonds. The molecule has 0 aromatic carbocycles. The summed E-state index contributed by atoms with van der Waals surface area (Å²) < 4.78 is 5.59. The Kier molecular flexibility index (Phi) is 3.55. The Labute approximate surface area is 92.5 Å². The number of tetrazole rings is 1. The third kappa shape index (κ3) is 2.90. The Hall–Kier alpha value is -0.660. The highest BCUT2D eigenvalue weighted by Crippen LogP contribution is 2.15. The van der Waals surface area contributed by atoms with E-state index in [9.17, 15) is 0 Å². The van der Waals surface area contributed by atoms with E-state index in [0.29, 0.717) is 12.2 Å². The van der Waals surface area contributed by atoms with Crippen molar-refractivity contribution >= 4 is 11.8 Å². The predicted molar refractivity (Wildman–Crippen MR) is 57.5 cm³/mol. The van der Waals surface area contributed by atoms with E-state index >= 15 is 0 Å². The summed E-state index contributed by atoms with van der Waals surface area (Å²) in [6.45, 7) is 0.789. The molecule has 1 aromatic rings. The van der Waals surface area contributed by atoms with E-state index in [4.69, 9.17) is 10.5 Å². The van der Waals surface area contributed by atoms with Crippen molar-refractivity contribution in [3.63, 3.8) is 0 Å². The van der Waals surface area contributed by atoms with Crippen molar-refractivity contribution in [3.05, 3.63) is 5.82 Å². The Bertz CT molecular complexity index is 312. The molecule has 6 nitrogen and oxygen atoms in total. The van der Waals surface area contributed by atoms with Crippen LogP contribution >= 0.6 is 11.8 Å². The first kappa shape index (κ1) is 10.8. The standard InChI is InChI=1S/C8H15N5OS/c1-13-11-8(10-12-13)4-6(9)7-5-15-3-2-14-7/h6-7H,2-5,9H2,1H3. The Morgan fingerprint density at radius 3 is 3.20 bits per heavy atom. The van der Waals surface area contributed by atoms with Crippen LogP contribution in [0.15, 0.2) is 0 Å². The molecule has 2 unspecified atom stereocenters. The van der Waals surface area contributed by atoms with E-state index in [1.54, 1.807) is 7.05 Å². The molecular formula is C8H15N5OS. The minimum absolute atomic E-state index is 0.0398. The zero-order chi connectivity index (χ0) is 10.7. The molecule has 84 valence electrons. The first-order chi connectivity index (χ1) is 7.25. The summed E-state index contributed by atoms with van der Waals surface area (Å²) in [6.07, 6.45) is 0.742. The predicted octanol–water partition coefficient (Wildman–Crippen LogP) is -0.788. The number of rotatable bonds is 3. The highest BCUT2D eigenvalue weighted by molar-refractivity contribution is 7.99. The molecule has 1 saturated heterocycles. The van der Waals surface area contributed by atoms with E-state index in [0.717, 1.165) is 18.1 Å². The number of hydrogen-bond donors (Lipinski definition) is 1. The van der Waals surface area contributed by atoms with Gasteiger partial charge in [0.1, 0.15) is 0 Å². The van der Waals surface area contributed by atoms with E-state index in [1.807, 2.05) is 11.8 Å². The molecule has 15 heavy (non-hydrogen) atoms. The molecule has 1 aromatic heterocycles. The van der Waals surface area contributed by atoms with E-state index in [1.165, 1.54) is 4.80 Å². The van der Waals surface area contributed by atoms with Crippen molar-refractivity contribution in [2.75, 3.05) is 18.1 Å². The third-order valence-corrected chi connectivity index (χ3v) is 3.31. The smallest absolute Gasteiger partial charge is 0.176 e. The SMILES string of the molecule is Cn1nnc(CC(N)C2CSCCO2)n1. The second kappa shape index (κ2) is 4.91. The molecule has 2 rings (SSSR count). The first-order valence-corrected chi connectivity index (χ1v) is 6.09.